The molecule has 0 fully saturated rings. The van der Waals surface area contributed by atoms with E-state index in [1.807, 2.05) is 0 Å². The van der Waals surface area contributed by atoms with Crippen molar-refractivity contribution < 1.29 is 0 Å². The van der Waals surface area contributed by atoms with Crippen LogP contribution in [-0.4, -0.2) is 106 Å². The van der Waals surface area contributed by atoms with Crippen molar-refractivity contribution in [3.8, 4) is 0 Å². The highest BCUT2D eigenvalue weighted by Gasteiger charge is 2.17. The molecular formula is CH24N4Si8. The van der Waals surface area contributed by atoms with Crippen LogP contribution in [-0.2, 0) is 0 Å². The molecule has 0 saturated carbocycles. The lowest BCUT2D eigenvalue weighted by molar-refractivity contribution is 0.255. The Bertz CT molecular complexity index is 130. The van der Waals surface area contributed by atoms with E-state index in [9.17, 15) is 0 Å². The van der Waals surface area contributed by atoms with Crippen molar-refractivity contribution in [3.63, 3.8) is 0 Å². The summed E-state index contributed by atoms with van der Waals surface area (Å²) in [6, 6.07) is 0. The summed E-state index contributed by atoms with van der Waals surface area (Å²) in [6.07, 6.45) is 0.764. The van der Waals surface area contributed by atoms with Gasteiger partial charge in [0.2, 0.25) is 0 Å². The second kappa shape index (κ2) is 6.95. The van der Waals surface area contributed by atoms with Gasteiger partial charge in [0.25, 0.3) is 0 Å². The average Bonchev–Trinajstić information content (AvgIpc) is 1.81. The fourth-order valence-corrected chi connectivity index (χ4v) is 20.6. The third-order valence-corrected chi connectivity index (χ3v) is 8.02. The molecule has 80 valence electrons. The van der Waals surface area contributed by atoms with Crippen molar-refractivity contribution in [3.05, 3.63) is 0 Å². The lowest BCUT2D eigenvalue weighted by Gasteiger charge is -2.41. The molecule has 0 atom stereocenters. The maximum Gasteiger partial charge on any atom is 0.153 e. The topological polar surface area (TPSA) is 13.0 Å². The summed E-state index contributed by atoms with van der Waals surface area (Å²) >= 11 is 0. The van der Waals surface area contributed by atoms with Gasteiger partial charge >= 0.3 is 0 Å². The minimum Gasteiger partial charge on any atom is -0.376 e. The zero-order valence-corrected chi connectivity index (χ0v) is 25.5. The van der Waals surface area contributed by atoms with Gasteiger partial charge in [-0.3, -0.25) is 0 Å². The lowest BCUT2D eigenvalue weighted by atomic mass is 11.0. The van der Waals surface area contributed by atoms with Crippen molar-refractivity contribution in [2.24, 2.45) is 0 Å². The Morgan fingerprint density at radius 1 is 0.769 bits per heavy atom. The molecular weight excluding hydrogens is 293 g/mol. The van der Waals surface area contributed by atoms with Gasteiger partial charge in [-0.25, -0.2) is 0 Å². The van der Waals surface area contributed by atoms with Crippen molar-refractivity contribution in [2.45, 2.75) is 6.29 Å². The highest BCUT2D eigenvalue weighted by molar-refractivity contribution is 6.55. The normalized spacial score (nSPS) is 17.5. The van der Waals surface area contributed by atoms with Crippen LogP contribution in [0.5, 0.6) is 0 Å². The molecule has 0 aliphatic rings. The highest BCUT2D eigenvalue weighted by Crippen LogP contribution is 1.98. The summed E-state index contributed by atoms with van der Waals surface area (Å²) in [5.41, 5.74) is 0. The molecule has 0 amide bonds. The Morgan fingerprint density at radius 2 is 1.15 bits per heavy atom. The molecule has 0 rings (SSSR count). The van der Waals surface area contributed by atoms with Crippen LogP contribution in [0.2, 0.25) is 0 Å². The zero-order chi connectivity index (χ0) is 10.6. The van der Waals surface area contributed by atoms with Crippen LogP contribution in [0.1, 0.15) is 0 Å². The van der Waals surface area contributed by atoms with E-state index < -0.39 is 0 Å². The van der Waals surface area contributed by atoms with Crippen LogP contribution < -0.4 is 0 Å². The fraction of sp³-hybridized carbons (Fsp3) is 1.00. The first-order valence-electron chi connectivity index (χ1n) is 4.54. The molecule has 0 bridgehead atoms. The smallest absolute Gasteiger partial charge is 0.153 e. The lowest BCUT2D eigenvalue weighted by Crippen LogP contribution is -2.58. The van der Waals surface area contributed by atoms with Gasteiger partial charge < -0.3 is 16.6 Å². The van der Waals surface area contributed by atoms with Gasteiger partial charge in [-0.2, -0.15) is 0 Å². The number of hydrogen-bond donors (Lipinski definition) is 0. The maximum atomic E-state index is 2.78. The Kier molecular flexibility index (Phi) is 7.79. The van der Waals surface area contributed by atoms with Crippen LogP contribution >= 0.6 is 0 Å². The van der Waals surface area contributed by atoms with Crippen LogP contribution in [0.4, 0.5) is 0 Å². The predicted molar refractivity (Wildman–Crippen MR) is 89.3 cm³/mol. The molecule has 12 heteroatoms. The number of hydrogen-bond acceptors (Lipinski definition) is 4. The average molecular weight is 317 g/mol. The minimum absolute atomic E-state index is 0.00515. The summed E-state index contributed by atoms with van der Waals surface area (Å²) in [4.78, 5) is 0. The van der Waals surface area contributed by atoms with Crippen molar-refractivity contribution in [2.75, 3.05) is 0 Å². The van der Waals surface area contributed by atoms with Crippen LogP contribution in [0.3, 0.4) is 0 Å². The Labute approximate surface area is 105 Å². The Morgan fingerprint density at radius 3 is 1.38 bits per heavy atom. The van der Waals surface area contributed by atoms with Gasteiger partial charge in [0, 0.05) is 0 Å². The second-order valence-corrected chi connectivity index (χ2v) is 25.8. The summed E-state index contributed by atoms with van der Waals surface area (Å²) in [7, 11) is 8.88. The highest BCUT2D eigenvalue weighted by atomic mass is 28.3. The maximum absolute atomic E-state index is 2.78. The molecule has 0 saturated heterocycles. The zero-order valence-electron chi connectivity index (χ0n) is 10.1. The monoisotopic (exact) mass is 316 g/mol. The molecule has 0 radical (unpaired) electrons. The summed E-state index contributed by atoms with van der Waals surface area (Å²) < 4.78 is 10.7. The van der Waals surface area contributed by atoms with Crippen LogP contribution in [0.25, 0.3) is 0 Å². The van der Waals surface area contributed by atoms with Gasteiger partial charge in [-0.15, -0.1) is 0 Å². The van der Waals surface area contributed by atoms with Crippen molar-refractivity contribution >= 4 is 82.7 Å². The molecule has 0 aliphatic carbocycles. The molecule has 0 unspecified atom stereocenters. The van der Waals surface area contributed by atoms with E-state index in [1.54, 1.807) is 0 Å². The van der Waals surface area contributed by atoms with E-state index in [0.29, 0.717) is 0 Å². The third-order valence-electron chi connectivity index (χ3n) is 1.82. The van der Waals surface area contributed by atoms with Crippen LogP contribution in [0.15, 0.2) is 0 Å². The van der Waals surface area contributed by atoms with E-state index >= 15 is 0 Å². The SMILES string of the molecule is [SiH3]N([SiH3])[SiH2]N([SiH3])C(N([SiH3])[SiH3])N([SiH3])[SiH3]. The molecule has 0 spiro atoms. The molecule has 4 nitrogen and oxygen atoms in total. The summed E-state index contributed by atoms with van der Waals surface area (Å²) in [5.74, 6) is 0. The van der Waals surface area contributed by atoms with Crippen molar-refractivity contribution in [1.29, 1.82) is 0 Å². The van der Waals surface area contributed by atoms with Gasteiger partial charge in [0.05, 0.1) is 79.1 Å². The largest absolute Gasteiger partial charge is 0.376 e. The van der Waals surface area contributed by atoms with E-state index in [4.69, 9.17) is 0 Å². The standard InChI is InChI=1S/CH24N4Si8/c6-2(7)1(3(8)9)4(10)13-5(11)12/h1H,13H2,6-12H3. The molecule has 0 aliphatic heterocycles. The molecule has 0 aromatic rings. The van der Waals surface area contributed by atoms with Gasteiger partial charge in [0.1, 0.15) is 0 Å². The molecule has 0 N–H and O–H groups in total. The summed E-state index contributed by atoms with van der Waals surface area (Å²) in [5, 5.41) is 0. The van der Waals surface area contributed by atoms with E-state index in [-0.39, 0.29) is 9.84 Å². The predicted octanol–water partition coefficient (Wildman–Crippen LogP) is -10.6. The fourth-order valence-electron chi connectivity index (χ4n) is 1.77. The number of rotatable bonds is 5. The second-order valence-electron chi connectivity index (χ2n) is 4.25. The molecule has 0 aromatic heterocycles. The summed E-state index contributed by atoms with van der Waals surface area (Å²) in [6.45, 7) is 0. The molecule has 0 heterocycles. The third kappa shape index (κ3) is 5.89. The number of nitrogens with zero attached hydrogens (tertiary/aromatic N) is 4. The molecule has 13 heavy (non-hydrogen) atoms. The van der Waals surface area contributed by atoms with E-state index in [2.05, 4.69) is 16.6 Å². The Hall–Kier alpha value is 1.58. The molecule has 0 aromatic carbocycles. The van der Waals surface area contributed by atoms with Crippen molar-refractivity contribution in [1.82, 2.24) is 16.6 Å². The van der Waals surface area contributed by atoms with Gasteiger partial charge in [0.15, 0.2) is 9.84 Å². The van der Waals surface area contributed by atoms with E-state index in [1.165, 1.54) is 72.8 Å². The first kappa shape index (κ1) is 14.6. The van der Waals surface area contributed by atoms with Crippen LogP contribution in [0, 0.1) is 0 Å². The Balaban J connectivity index is 4.20. The minimum atomic E-state index is -0.00515. The quantitative estimate of drug-likeness (QED) is 0.369. The van der Waals surface area contributed by atoms with Gasteiger partial charge in [-0.05, 0) is 0 Å². The van der Waals surface area contributed by atoms with Gasteiger partial charge in [-0.1, -0.05) is 0 Å². The van der Waals surface area contributed by atoms with E-state index in [0.717, 1.165) is 6.29 Å². The first-order valence-corrected chi connectivity index (χ1v) is 12.1. The first-order chi connectivity index (χ1) is 5.86.